The Kier molecular flexibility index (Phi) is 5.11. The lowest BCUT2D eigenvalue weighted by atomic mass is 10.2. The SMILES string of the molecule is CCc1ccc(COc2ccc(/C=C/C(=O)O)cc2F)s1. The van der Waals surface area contributed by atoms with E-state index in [4.69, 9.17) is 9.84 Å². The van der Waals surface area contributed by atoms with Crippen molar-refractivity contribution in [2.24, 2.45) is 0 Å². The van der Waals surface area contributed by atoms with E-state index in [9.17, 15) is 9.18 Å². The Morgan fingerprint density at radius 3 is 2.71 bits per heavy atom. The summed E-state index contributed by atoms with van der Waals surface area (Å²) in [7, 11) is 0. The van der Waals surface area contributed by atoms with Crippen LogP contribution in [0.15, 0.2) is 36.4 Å². The van der Waals surface area contributed by atoms with Gasteiger partial charge in [0, 0.05) is 15.8 Å². The van der Waals surface area contributed by atoms with Crippen molar-refractivity contribution in [2.75, 3.05) is 0 Å². The predicted molar refractivity (Wildman–Crippen MR) is 81.1 cm³/mol. The van der Waals surface area contributed by atoms with Crippen LogP contribution in [-0.4, -0.2) is 11.1 Å². The molecule has 2 aromatic rings. The van der Waals surface area contributed by atoms with Crippen LogP contribution in [0.25, 0.3) is 6.08 Å². The molecular weight excluding hydrogens is 291 g/mol. The molecule has 0 atom stereocenters. The van der Waals surface area contributed by atoms with Gasteiger partial charge in [-0.25, -0.2) is 9.18 Å². The smallest absolute Gasteiger partial charge is 0.328 e. The molecular formula is C16H15FO3S. The number of carbonyl (C=O) groups is 1. The van der Waals surface area contributed by atoms with Gasteiger partial charge in [0.2, 0.25) is 0 Å². The number of carboxylic acid groups (broad SMARTS) is 1. The number of carboxylic acids is 1. The molecule has 1 heterocycles. The number of ether oxygens (including phenoxy) is 1. The molecule has 0 saturated carbocycles. The molecule has 110 valence electrons. The lowest BCUT2D eigenvalue weighted by Gasteiger charge is -2.06. The van der Waals surface area contributed by atoms with Crippen LogP contribution in [0.4, 0.5) is 4.39 Å². The normalized spacial score (nSPS) is 11.0. The first kappa shape index (κ1) is 15.3. The van der Waals surface area contributed by atoms with Crippen molar-refractivity contribution in [3.05, 3.63) is 57.5 Å². The second kappa shape index (κ2) is 7.04. The van der Waals surface area contributed by atoms with Gasteiger partial charge in [-0.2, -0.15) is 0 Å². The summed E-state index contributed by atoms with van der Waals surface area (Å²) in [6.07, 6.45) is 3.28. The van der Waals surface area contributed by atoms with Crippen molar-refractivity contribution in [3.8, 4) is 5.75 Å². The van der Waals surface area contributed by atoms with Gasteiger partial charge in [-0.15, -0.1) is 11.3 Å². The third-order valence-electron chi connectivity index (χ3n) is 2.81. The average molecular weight is 306 g/mol. The molecule has 0 aliphatic rings. The largest absolute Gasteiger partial charge is 0.485 e. The van der Waals surface area contributed by atoms with Crippen molar-refractivity contribution in [2.45, 2.75) is 20.0 Å². The highest BCUT2D eigenvalue weighted by atomic mass is 32.1. The Morgan fingerprint density at radius 2 is 2.10 bits per heavy atom. The lowest BCUT2D eigenvalue weighted by molar-refractivity contribution is -0.131. The minimum absolute atomic E-state index is 0.161. The summed E-state index contributed by atoms with van der Waals surface area (Å²) in [5, 5.41) is 8.53. The van der Waals surface area contributed by atoms with Crippen LogP contribution in [0, 0.1) is 5.82 Å². The van der Waals surface area contributed by atoms with Crippen LogP contribution < -0.4 is 4.74 Å². The molecule has 1 N–H and O–H groups in total. The van der Waals surface area contributed by atoms with Crippen LogP contribution in [0.1, 0.15) is 22.2 Å². The summed E-state index contributed by atoms with van der Waals surface area (Å²) in [6.45, 7) is 2.41. The summed E-state index contributed by atoms with van der Waals surface area (Å²) in [5.41, 5.74) is 0.478. The quantitative estimate of drug-likeness (QED) is 0.816. The zero-order chi connectivity index (χ0) is 15.2. The highest BCUT2D eigenvalue weighted by molar-refractivity contribution is 7.11. The van der Waals surface area contributed by atoms with Gasteiger partial charge in [-0.3, -0.25) is 0 Å². The molecule has 0 saturated heterocycles. The third-order valence-corrected chi connectivity index (χ3v) is 4.01. The number of rotatable bonds is 6. The summed E-state index contributed by atoms with van der Waals surface area (Å²) < 4.78 is 19.3. The monoisotopic (exact) mass is 306 g/mol. The predicted octanol–water partition coefficient (Wildman–Crippen LogP) is 4.13. The molecule has 0 radical (unpaired) electrons. The fourth-order valence-electron chi connectivity index (χ4n) is 1.74. The number of hydrogen-bond acceptors (Lipinski definition) is 3. The van der Waals surface area contributed by atoms with Gasteiger partial charge < -0.3 is 9.84 Å². The standard InChI is InChI=1S/C16H15FO3S/c1-2-12-5-6-13(21-12)10-20-15-7-3-11(9-14(15)17)4-8-16(18)19/h3-9H,2,10H2,1H3,(H,18,19)/b8-4+. The molecule has 0 aliphatic heterocycles. The second-order valence-corrected chi connectivity index (χ2v) is 5.62. The van der Waals surface area contributed by atoms with E-state index in [1.54, 1.807) is 17.4 Å². The molecule has 5 heteroatoms. The van der Waals surface area contributed by atoms with Crippen LogP contribution in [0.5, 0.6) is 5.75 Å². The first-order valence-corrected chi connectivity index (χ1v) is 7.31. The third kappa shape index (κ3) is 4.43. The highest BCUT2D eigenvalue weighted by Crippen LogP contribution is 2.23. The van der Waals surface area contributed by atoms with Gasteiger partial charge in [0.25, 0.3) is 0 Å². The number of halogens is 1. The minimum Gasteiger partial charge on any atom is -0.485 e. The summed E-state index contributed by atoms with van der Waals surface area (Å²) >= 11 is 1.65. The summed E-state index contributed by atoms with van der Waals surface area (Å²) in [5.74, 6) is -1.41. The van der Waals surface area contributed by atoms with Crippen molar-refractivity contribution < 1.29 is 19.0 Å². The van der Waals surface area contributed by atoms with Crippen molar-refractivity contribution in [1.29, 1.82) is 0 Å². The molecule has 0 spiro atoms. The van der Waals surface area contributed by atoms with Crippen LogP contribution >= 0.6 is 11.3 Å². The maximum absolute atomic E-state index is 13.8. The van der Waals surface area contributed by atoms with Crippen molar-refractivity contribution in [3.63, 3.8) is 0 Å². The summed E-state index contributed by atoms with van der Waals surface area (Å²) in [6, 6.07) is 8.39. The molecule has 0 fully saturated rings. The maximum atomic E-state index is 13.8. The van der Waals surface area contributed by atoms with Gasteiger partial charge in [0.05, 0.1) is 0 Å². The van der Waals surface area contributed by atoms with E-state index in [0.29, 0.717) is 12.2 Å². The van der Waals surface area contributed by atoms with E-state index in [0.717, 1.165) is 17.4 Å². The summed E-state index contributed by atoms with van der Waals surface area (Å²) in [4.78, 5) is 12.7. The number of hydrogen-bond donors (Lipinski definition) is 1. The van der Waals surface area contributed by atoms with Gasteiger partial charge in [-0.05, 0) is 42.3 Å². The molecule has 21 heavy (non-hydrogen) atoms. The Hall–Kier alpha value is -2.14. The van der Waals surface area contributed by atoms with Crippen molar-refractivity contribution in [1.82, 2.24) is 0 Å². The fourth-order valence-corrected chi connectivity index (χ4v) is 2.62. The van der Waals surface area contributed by atoms with Gasteiger partial charge in [0.1, 0.15) is 6.61 Å². The van der Waals surface area contributed by atoms with E-state index < -0.39 is 11.8 Å². The van der Waals surface area contributed by atoms with E-state index in [2.05, 4.69) is 6.92 Å². The first-order chi connectivity index (χ1) is 10.1. The van der Waals surface area contributed by atoms with Crippen LogP contribution in [0.2, 0.25) is 0 Å². The molecule has 1 aromatic carbocycles. The highest BCUT2D eigenvalue weighted by Gasteiger charge is 2.06. The molecule has 3 nitrogen and oxygen atoms in total. The van der Waals surface area contributed by atoms with E-state index in [-0.39, 0.29) is 5.75 Å². The Labute approximate surface area is 126 Å². The van der Waals surface area contributed by atoms with E-state index in [1.807, 2.05) is 12.1 Å². The molecule has 1 aromatic heterocycles. The Balaban J connectivity index is 2.02. The molecule has 2 rings (SSSR count). The molecule has 0 unspecified atom stereocenters. The molecule has 0 bridgehead atoms. The minimum atomic E-state index is -1.07. The number of thiophene rings is 1. The van der Waals surface area contributed by atoms with Gasteiger partial charge in [0.15, 0.2) is 11.6 Å². The van der Waals surface area contributed by atoms with E-state index >= 15 is 0 Å². The van der Waals surface area contributed by atoms with Gasteiger partial charge in [-0.1, -0.05) is 13.0 Å². The number of aliphatic carboxylic acids is 1. The zero-order valence-corrected chi connectivity index (χ0v) is 12.3. The van der Waals surface area contributed by atoms with Gasteiger partial charge >= 0.3 is 5.97 Å². The zero-order valence-electron chi connectivity index (χ0n) is 11.5. The second-order valence-electron chi connectivity index (χ2n) is 4.37. The van der Waals surface area contributed by atoms with E-state index in [1.165, 1.54) is 23.1 Å². The number of benzene rings is 1. The van der Waals surface area contributed by atoms with Crippen LogP contribution in [0.3, 0.4) is 0 Å². The first-order valence-electron chi connectivity index (χ1n) is 6.49. The van der Waals surface area contributed by atoms with Crippen LogP contribution in [-0.2, 0) is 17.8 Å². The lowest BCUT2D eigenvalue weighted by Crippen LogP contribution is -1.95. The van der Waals surface area contributed by atoms with Crippen molar-refractivity contribution >= 4 is 23.4 Å². The Morgan fingerprint density at radius 1 is 1.33 bits per heavy atom. The maximum Gasteiger partial charge on any atom is 0.328 e. The molecule has 0 amide bonds. The molecule has 0 aliphatic carbocycles. The Bertz CT molecular complexity index is 661. The topological polar surface area (TPSA) is 46.5 Å². The fraction of sp³-hybridized carbons (Fsp3) is 0.188. The number of aryl methyl sites for hydroxylation is 1. The average Bonchev–Trinajstić information content (AvgIpc) is 2.92.